The molecule has 0 saturated heterocycles. The molecule has 1 aromatic carbocycles. The highest BCUT2D eigenvalue weighted by Gasteiger charge is 2.34. The summed E-state index contributed by atoms with van der Waals surface area (Å²) < 4.78 is 27.1. The van der Waals surface area contributed by atoms with E-state index in [9.17, 15) is 18.9 Å². The molecule has 0 spiro atoms. The summed E-state index contributed by atoms with van der Waals surface area (Å²) in [7, 11) is 0. The number of hydrogen-bond donors (Lipinski definition) is 3. The molecular formula is C11H10ClF2N5O2. The molecule has 0 saturated carbocycles. The van der Waals surface area contributed by atoms with E-state index in [1.807, 2.05) is 0 Å². The average Bonchev–Trinajstić information content (AvgIpc) is 2.39. The highest BCUT2D eigenvalue weighted by Crippen LogP contribution is 2.26. The number of amidine groups is 1. The van der Waals surface area contributed by atoms with E-state index in [0.29, 0.717) is 0 Å². The van der Waals surface area contributed by atoms with Crippen molar-refractivity contribution >= 4 is 17.4 Å². The van der Waals surface area contributed by atoms with Crippen LogP contribution in [0.1, 0.15) is 5.56 Å². The Kier molecular flexibility index (Phi) is 3.79. The summed E-state index contributed by atoms with van der Waals surface area (Å²) in [5.74, 6) is -3.67. The molecule has 1 aliphatic heterocycles. The zero-order valence-corrected chi connectivity index (χ0v) is 11.2. The zero-order chi connectivity index (χ0) is 15.8. The topological polar surface area (TPSA) is 120 Å². The van der Waals surface area contributed by atoms with Gasteiger partial charge in [-0.1, -0.05) is 11.6 Å². The van der Waals surface area contributed by atoms with Gasteiger partial charge in [0.25, 0.3) is 0 Å². The lowest BCUT2D eigenvalue weighted by Crippen LogP contribution is -2.55. The molecule has 1 atom stereocenters. The van der Waals surface area contributed by atoms with Crippen molar-refractivity contribution in [1.82, 2.24) is 5.32 Å². The van der Waals surface area contributed by atoms with Gasteiger partial charge in [-0.25, -0.2) is 13.8 Å². The van der Waals surface area contributed by atoms with Gasteiger partial charge in [0.15, 0.2) is 5.79 Å². The van der Waals surface area contributed by atoms with Crippen molar-refractivity contribution < 1.29 is 13.7 Å². The Labute approximate surface area is 122 Å². The molecule has 21 heavy (non-hydrogen) atoms. The van der Waals surface area contributed by atoms with Crippen molar-refractivity contribution in [1.29, 1.82) is 0 Å². The predicted molar refractivity (Wildman–Crippen MR) is 71.8 cm³/mol. The van der Waals surface area contributed by atoms with Gasteiger partial charge in [-0.3, -0.25) is 15.8 Å². The first-order chi connectivity index (χ1) is 9.73. The molecule has 7 nitrogen and oxygen atoms in total. The molecule has 1 aliphatic rings. The number of nitrogens with zero attached hydrogens (tertiary/aromatic N) is 2. The van der Waals surface area contributed by atoms with Crippen LogP contribution in [0.2, 0.25) is 5.02 Å². The minimum Gasteiger partial charge on any atom is -0.378 e. The number of benzene rings is 1. The molecule has 0 radical (unpaired) electrons. The second-order valence-corrected chi connectivity index (χ2v) is 4.73. The Morgan fingerprint density at radius 2 is 2.05 bits per heavy atom. The summed E-state index contributed by atoms with van der Waals surface area (Å²) in [6.45, 7) is 0. The first kappa shape index (κ1) is 15.1. The monoisotopic (exact) mass is 317 g/mol. The quantitative estimate of drug-likeness (QED) is 0.434. The summed E-state index contributed by atoms with van der Waals surface area (Å²) >= 11 is 5.69. The highest BCUT2D eigenvalue weighted by molar-refractivity contribution is 6.31. The van der Waals surface area contributed by atoms with Gasteiger partial charge in [-0.15, -0.1) is 0 Å². The van der Waals surface area contributed by atoms with Crippen molar-refractivity contribution in [3.05, 3.63) is 56.4 Å². The Bertz CT molecular complexity index is 679. The van der Waals surface area contributed by atoms with Crippen LogP contribution >= 0.6 is 11.6 Å². The number of rotatable bonds is 3. The highest BCUT2D eigenvalue weighted by atomic mass is 35.5. The summed E-state index contributed by atoms with van der Waals surface area (Å²) in [5, 5.41) is 12.7. The molecule has 0 aromatic heterocycles. The van der Waals surface area contributed by atoms with Crippen molar-refractivity contribution in [3.8, 4) is 0 Å². The summed E-state index contributed by atoms with van der Waals surface area (Å²) in [6, 6.07) is 1.77. The van der Waals surface area contributed by atoms with Gasteiger partial charge in [0.1, 0.15) is 11.6 Å². The number of hydrogen-bond acceptors (Lipinski definition) is 6. The molecule has 1 heterocycles. The minimum absolute atomic E-state index is 0.207. The van der Waals surface area contributed by atoms with Crippen LogP contribution in [0.5, 0.6) is 0 Å². The fourth-order valence-electron chi connectivity index (χ4n) is 1.81. The van der Waals surface area contributed by atoms with Crippen LogP contribution in [0.15, 0.2) is 29.0 Å². The van der Waals surface area contributed by atoms with Gasteiger partial charge in [0.05, 0.1) is 16.1 Å². The molecule has 0 fully saturated rings. The number of nitrogens with one attached hydrogen (secondary N) is 1. The van der Waals surface area contributed by atoms with Crippen molar-refractivity contribution in [2.24, 2.45) is 16.5 Å². The zero-order valence-electron chi connectivity index (χ0n) is 10.4. The Morgan fingerprint density at radius 3 is 2.62 bits per heavy atom. The van der Waals surface area contributed by atoms with Gasteiger partial charge in [-0.2, -0.15) is 0 Å². The van der Waals surface area contributed by atoms with Crippen molar-refractivity contribution in [3.63, 3.8) is 0 Å². The van der Waals surface area contributed by atoms with Crippen LogP contribution in [0.25, 0.3) is 0 Å². The molecule has 1 aromatic rings. The molecule has 0 bridgehead atoms. The molecule has 112 valence electrons. The maximum absolute atomic E-state index is 13.7. The van der Waals surface area contributed by atoms with Crippen molar-refractivity contribution in [2.75, 3.05) is 0 Å². The Balaban J connectivity index is 2.34. The third-order valence-corrected chi connectivity index (χ3v) is 3.23. The van der Waals surface area contributed by atoms with Gasteiger partial charge < -0.3 is 11.1 Å². The summed E-state index contributed by atoms with van der Waals surface area (Å²) in [6.07, 6.45) is 0.602. The van der Waals surface area contributed by atoms with E-state index in [-0.39, 0.29) is 12.0 Å². The number of nitrogens with two attached hydrogens (primary N) is 2. The van der Waals surface area contributed by atoms with E-state index in [2.05, 4.69) is 10.3 Å². The number of halogens is 3. The van der Waals surface area contributed by atoms with Crippen LogP contribution in [0, 0.1) is 21.7 Å². The fourth-order valence-corrected chi connectivity index (χ4v) is 2.03. The Morgan fingerprint density at radius 1 is 1.43 bits per heavy atom. The van der Waals surface area contributed by atoms with Crippen LogP contribution in [0.3, 0.4) is 0 Å². The molecule has 0 amide bonds. The van der Waals surface area contributed by atoms with E-state index < -0.39 is 38.9 Å². The maximum Gasteiger partial charge on any atom is 0.326 e. The SMILES string of the molecule is NC1=NC(N)(Cc2c(F)ccc(F)c2Cl)NC=C1[N+](=O)[O-]. The van der Waals surface area contributed by atoms with Crippen LogP contribution < -0.4 is 16.8 Å². The normalized spacial score (nSPS) is 21.3. The molecule has 10 heteroatoms. The third-order valence-electron chi connectivity index (χ3n) is 2.82. The van der Waals surface area contributed by atoms with E-state index >= 15 is 0 Å². The van der Waals surface area contributed by atoms with E-state index in [1.54, 1.807) is 0 Å². The predicted octanol–water partition coefficient (Wildman–Crippen LogP) is 0.852. The molecule has 0 aliphatic carbocycles. The lowest BCUT2D eigenvalue weighted by atomic mass is 10.1. The lowest BCUT2D eigenvalue weighted by molar-refractivity contribution is -0.416. The van der Waals surface area contributed by atoms with E-state index in [0.717, 1.165) is 18.3 Å². The molecule has 2 rings (SSSR count). The minimum atomic E-state index is -1.66. The van der Waals surface area contributed by atoms with Gasteiger partial charge in [0, 0.05) is 12.0 Å². The van der Waals surface area contributed by atoms with E-state index in [4.69, 9.17) is 23.1 Å². The lowest BCUT2D eigenvalue weighted by Gasteiger charge is -2.28. The number of nitro groups is 1. The van der Waals surface area contributed by atoms with E-state index in [1.165, 1.54) is 0 Å². The standard InChI is InChI=1S/C11H10ClF2N5O2/c12-9-5(6(13)1-2-7(9)14)3-11(16)17-4-8(19(20)21)10(15)18-11/h1-2,4,17H,3,16H2,(H2,15,18). The summed E-state index contributed by atoms with van der Waals surface area (Å²) in [4.78, 5) is 13.6. The fraction of sp³-hybridized carbons (Fsp3) is 0.182. The molecular weight excluding hydrogens is 308 g/mol. The Hall–Kier alpha value is -2.26. The van der Waals surface area contributed by atoms with Gasteiger partial charge in [-0.05, 0) is 12.1 Å². The van der Waals surface area contributed by atoms with Crippen LogP contribution in [-0.2, 0) is 6.42 Å². The largest absolute Gasteiger partial charge is 0.378 e. The van der Waals surface area contributed by atoms with Crippen molar-refractivity contribution in [2.45, 2.75) is 12.2 Å². The van der Waals surface area contributed by atoms with Crippen LogP contribution in [-0.4, -0.2) is 16.5 Å². The second kappa shape index (κ2) is 5.26. The number of aliphatic imine (C=N–C) groups is 1. The van der Waals surface area contributed by atoms with Crippen LogP contribution in [0.4, 0.5) is 8.78 Å². The first-order valence-electron chi connectivity index (χ1n) is 5.63. The smallest absolute Gasteiger partial charge is 0.326 e. The second-order valence-electron chi connectivity index (χ2n) is 4.35. The molecule has 5 N–H and O–H groups in total. The average molecular weight is 318 g/mol. The molecule has 1 unspecified atom stereocenters. The third kappa shape index (κ3) is 2.93. The maximum atomic E-state index is 13.7. The van der Waals surface area contributed by atoms with Gasteiger partial charge >= 0.3 is 5.70 Å². The summed E-state index contributed by atoms with van der Waals surface area (Å²) in [5.41, 5.74) is 10.6. The van der Waals surface area contributed by atoms with Gasteiger partial charge in [0.2, 0.25) is 5.84 Å². The first-order valence-corrected chi connectivity index (χ1v) is 6.00.